The molecule has 128 valence electrons. The summed E-state index contributed by atoms with van der Waals surface area (Å²) in [6, 6.07) is 10.2. The highest BCUT2D eigenvalue weighted by Gasteiger charge is 2.37. The van der Waals surface area contributed by atoms with Crippen LogP contribution >= 0.6 is 0 Å². The summed E-state index contributed by atoms with van der Waals surface area (Å²) in [4.78, 5) is 12.4. The van der Waals surface area contributed by atoms with E-state index in [-0.39, 0.29) is 5.97 Å². The van der Waals surface area contributed by atoms with Crippen molar-refractivity contribution in [1.82, 2.24) is 5.32 Å². The zero-order valence-electron chi connectivity index (χ0n) is 14.6. The molecule has 1 aliphatic heterocycles. The maximum Gasteiger partial charge on any atom is 0.306 e. The normalized spacial score (nSPS) is 18.3. The summed E-state index contributed by atoms with van der Waals surface area (Å²) in [5.74, 6) is 0.558. The number of rotatable bonds is 8. The lowest BCUT2D eigenvalue weighted by atomic mass is 9.84. The number of piperidine rings is 1. The van der Waals surface area contributed by atoms with Gasteiger partial charge in [-0.3, -0.25) is 4.79 Å². The molecule has 1 heterocycles. The van der Waals surface area contributed by atoms with Gasteiger partial charge in [0.25, 0.3) is 0 Å². The summed E-state index contributed by atoms with van der Waals surface area (Å²) >= 11 is 0. The van der Waals surface area contributed by atoms with E-state index in [2.05, 4.69) is 31.3 Å². The molecule has 1 aromatic carbocycles. The van der Waals surface area contributed by atoms with Crippen LogP contribution in [-0.2, 0) is 15.1 Å². The topological polar surface area (TPSA) is 38.3 Å². The van der Waals surface area contributed by atoms with Crippen LogP contribution in [-0.4, -0.2) is 19.1 Å². The quantitative estimate of drug-likeness (QED) is 0.722. The molecule has 0 saturated carbocycles. The molecule has 1 saturated heterocycles. The third-order valence-electron chi connectivity index (χ3n) is 4.91. The summed E-state index contributed by atoms with van der Waals surface area (Å²) in [6.45, 7) is 6.24. The highest BCUT2D eigenvalue weighted by Crippen LogP contribution is 2.35. The molecular weight excluding hydrogens is 286 g/mol. The van der Waals surface area contributed by atoms with E-state index in [9.17, 15) is 4.79 Å². The second kappa shape index (κ2) is 9.07. The fourth-order valence-corrected chi connectivity index (χ4v) is 3.35. The van der Waals surface area contributed by atoms with Crippen LogP contribution < -0.4 is 5.32 Å². The fourth-order valence-electron chi connectivity index (χ4n) is 3.35. The van der Waals surface area contributed by atoms with Crippen molar-refractivity contribution in [2.45, 2.75) is 64.4 Å². The van der Waals surface area contributed by atoms with Gasteiger partial charge < -0.3 is 10.1 Å². The van der Waals surface area contributed by atoms with Gasteiger partial charge in [0.2, 0.25) is 0 Å². The van der Waals surface area contributed by atoms with Crippen LogP contribution in [0.1, 0.15) is 64.4 Å². The molecule has 0 amide bonds. The third-order valence-corrected chi connectivity index (χ3v) is 4.91. The Kier molecular flexibility index (Phi) is 7.10. The lowest BCUT2D eigenvalue weighted by Gasteiger charge is -2.37. The van der Waals surface area contributed by atoms with Crippen molar-refractivity contribution in [2.24, 2.45) is 5.92 Å². The smallest absolute Gasteiger partial charge is 0.306 e. The van der Waals surface area contributed by atoms with E-state index in [0.717, 1.165) is 37.9 Å². The largest absolute Gasteiger partial charge is 0.454 e. The van der Waals surface area contributed by atoms with Gasteiger partial charge in [-0.1, -0.05) is 63.4 Å². The molecule has 2 rings (SSSR count). The number of nitrogens with one attached hydrogen (secondary N) is 1. The lowest BCUT2D eigenvalue weighted by molar-refractivity contribution is -0.164. The summed E-state index contributed by atoms with van der Waals surface area (Å²) in [5, 5.41) is 3.36. The van der Waals surface area contributed by atoms with E-state index in [0.29, 0.717) is 12.3 Å². The van der Waals surface area contributed by atoms with Crippen LogP contribution in [0, 0.1) is 5.92 Å². The lowest BCUT2D eigenvalue weighted by Crippen LogP contribution is -2.43. The Morgan fingerprint density at radius 2 is 1.91 bits per heavy atom. The van der Waals surface area contributed by atoms with Crippen LogP contribution in [0.15, 0.2) is 30.3 Å². The van der Waals surface area contributed by atoms with Gasteiger partial charge in [-0.05, 0) is 31.0 Å². The second-order valence-electron chi connectivity index (χ2n) is 6.87. The molecule has 3 heteroatoms. The number of carbonyl (C=O) groups excluding carboxylic acids is 1. The number of hydrogen-bond donors (Lipinski definition) is 1. The summed E-state index contributed by atoms with van der Waals surface area (Å²) < 4.78 is 6.04. The van der Waals surface area contributed by atoms with E-state index in [4.69, 9.17) is 4.74 Å². The van der Waals surface area contributed by atoms with Gasteiger partial charge in [-0.25, -0.2) is 0 Å². The number of carbonyl (C=O) groups is 1. The molecule has 1 fully saturated rings. The first kappa shape index (κ1) is 18.0. The van der Waals surface area contributed by atoms with Crippen molar-refractivity contribution < 1.29 is 9.53 Å². The molecule has 0 bridgehead atoms. The Balaban J connectivity index is 1.94. The van der Waals surface area contributed by atoms with Gasteiger partial charge in [0.15, 0.2) is 0 Å². The predicted octanol–water partition coefficient (Wildman–Crippen LogP) is 4.42. The maximum absolute atomic E-state index is 12.4. The van der Waals surface area contributed by atoms with Gasteiger partial charge in [-0.15, -0.1) is 0 Å². The van der Waals surface area contributed by atoms with E-state index in [1.807, 2.05) is 18.2 Å². The molecule has 1 unspecified atom stereocenters. The average Bonchev–Trinajstić information content (AvgIpc) is 2.59. The van der Waals surface area contributed by atoms with Gasteiger partial charge >= 0.3 is 5.97 Å². The SMILES string of the molecule is CCCCC(C)CCC(=O)OC1(c2ccccc2)CCNCC1. The zero-order chi connectivity index (χ0) is 16.5. The first-order valence-electron chi connectivity index (χ1n) is 9.14. The maximum atomic E-state index is 12.4. The minimum atomic E-state index is -0.434. The molecule has 1 aliphatic rings. The number of benzene rings is 1. The van der Waals surface area contributed by atoms with Gasteiger partial charge in [0.05, 0.1) is 0 Å². The van der Waals surface area contributed by atoms with E-state index in [1.54, 1.807) is 0 Å². The molecular formula is C20H31NO2. The Morgan fingerprint density at radius 1 is 1.22 bits per heavy atom. The molecule has 0 aromatic heterocycles. The van der Waals surface area contributed by atoms with Crippen molar-refractivity contribution in [3.05, 3.63) is 35.9 Å². The van der Waals surface area contributed by atoms with Crippen LogP contribution in [0.3, 0.4) is 0 Å². The first-order chi connectivity index (χ1) is 11.2. The number of unbranched alkanes of at least 4 members (excludes halogenated alkanes) is 1. The standard InChI is InChI=1S/C20H31NO2/c1-3-4-8-17(2)11-12-19(22)23-20(13-15-21-16-14-20)18-9-6-5-7-10-18/h5-7,9-10,17,21H,3-4,8,11-16H2,1-2H3. The van der Waals surface area contributed by atoms with Crippen LogP contribution in [0.2, 0.25) is 0 Å². The van der Waals surface area contributed by atoms with Gasteiger partial charge in [0.1, 0.15) is 5.60 Å². The van der Waals surface area contributed by atoms with Crippen molar-refractivity contribution in [3.8, 4) is 0 Å². The van der Waals surface area contributed by atoms with Crippen LogP contribution in [0.25, 0.3) is 0 Å². The van der Waals surface area contributed by atoms with Crippen molar-refractivity contribution in [1.29, 1.82) is 0 Å². The Morgan fingerprint density at radius 3 is 2.57 bits per heavy atom. The van der Waals surface area contributed by atoms with Crippen LogP contribution in [0.4, 0.5) is 0 Å². The summed E-state index contributed by atoms with van der Waals surface area (Å²) in [5.41, 5.74) is 0.699. The number of ether oxygens (including phenoxy) is 1. The second-order valence-corrected chi connectivity index (χ2v) is 6.87. The van der Waals surface area contributed by atoms with E-state index in [1.165, 1.54) is 19.3 Å². The number of hydrogen-bond acceptors (Lipinski definition) is 3. The molecule has 3 nitrogen and oxygen atoms in total. The molecule has 0 radical (unpaired) electrons. The van der Waals surface area contributed by atoms with Crippen molar-refractivity contribution in [2.75, 3.05) is 13.1 Å². The van der Waals surface area contributed by atoms with Crippen molar-refractivity contribution >= 4 is 5.97 Å². The molecule has 1 N–H and O–H groups in total. The Labute approximate surface area is 140 Å². The number of esters is 1. The summed E-state index contributed by atoms with van der Waals surface area (Å²) in [6.07, 6.45) is 6.85. The monoisotopic (exact) mass is 317 g/mol. The van der Waals surface area contributed by atoms with Crippen molar-refractivity contribution in [3.63, 3.8) is 0 Å². The Bertz CT molecular complexity index is 466. The Hall–Kier alpha value is -1.35. The summed E-state index contributed by atoms with van der Waals surface area (Å²) in [7, 11) is 0. The highest BCUT2D eigenvalue weighted by molar-refractivity contribution is 5.70. The molecule has 0 spiro atoms. The van der Waals surface area contributed by atoms with Gasteiger partial charge in [0, 0.05) is 19.3 Å². The molecule has 1 aromatic rings. The van der Waals surface area contributed by atoms with E-state index >= 15 is 0 Å². The van der Waals surface area contributed by atoms with Crippen LogP contribution in [0.5, 0.6) is 0 Å². The highest BCUT2D eigenvalue weighted by atomic mass is 16.6. The first-order valence-corrected chi connectivity index (χ1v) is 9.14. The minimum absolute atomic E-state index is 0.0425. The predicted molar refractivity (Wildman–Crippen MR) is 94.2 cm³/mol. The minimum Gasteiger partial charge on any atom is -0.454 e. The van der Waals surface area contributed by atoms with E-state index < -0.39 is 5.60 Å². The molecule has 1 atom stereocenters. The average molecular weight is 317 g/mol. The fraction of sp³-hybridized carbons (Fsp3) is 0.650. The molecule has 23 heavy (non-hydrogen) atoms. The third kappa shape index (κ3) is 5.35. The van der Waals surface area contributed by atoms with Gasteiger partial charge in [-0.2, -0.15) is 0 Å². The zero-order valence-corrected chi connectivity index (χ0v) is 14.6. The molecule has 0 aliphatic carbocycles.